The van der Waals surface area contributed by atoms with Crippen molar-refractivity contribution >= 4 is 36.1 Å². The van der Waals surface area contributed by atoms with Gasteiger partial charge in [0.05, 0.1) is 6.26 Å². The zero-order valence-electron chi connectivity index (χ0n) is 11.3. The van der Waals surface area contributed by atoms with Crippen molar-refractivity contribution < 1.29 is 4.42 Å². The van der Waals surface area contributed by atoms with Crippen LogP contribution in [0.5, 0.6) is 0 Å². The van der Waals surface area contributed by atoms with Gasteiger partial charge < -0.3 is 4.42 Å². The fourth-order valence-electron chi connectivity index (χ4n) is 1.84. The van der Waals surface area contributed by atoms with Gasteiger partial charge in [0, 0.05) is 16.8 Å². The maximum absolute atomic E-state index is 6.00. The normalized spacial score (nSPS) is 11.7. The second-order valence-corrected chi connectivity index (χ2v) is 5.14. The van der Waals surface area contributed by atoms with Crippen LogP contribution >= 0.6 is 23.8 Å². The van der Waals surface area contributed by atoms with Crippen LogP contribution in [0.4, 0.5) is 0 Å². The van der Waals surface area contributed by atoms with Crippen molar-refractivity contribution in [2.75, 3.05) is 0 Å². The first kappa shape index (κ1) is 14.5. The van der Waals surface area contributed by atoms with Crippen LogP contribution in [0.25, 0.3) is 17.5 Å². The summed E-state index contributed by atoms with van der Waals surface area (Å²) in [7, 11) is 0. The number of furan rings is 1. The van der Waals surface area contributed by atoms with Gasteiger partial charge in [0.1, 0.15) is 5.76 Å². The molecule has 3 rings (SSSR count). The zero-order valence-corrected chi connectivity index (χ0v) is 12.9. The van der Waals surface area contributed by atoms with E-state index in [2.05, 4.69) is 15.3 Å². The van der Waals surface area contributed by atoms with Gasteiger partial charge in [-0.2, -0.15) is 14.9 Å². The Balaban J connectivity index is 1.88. The van der Waals surface area contributed by atoms with E-state index in [-0.39, 0.29) is 0 Å². The molecular formula is C15H11ClN4OS. The van der Waals surface area contributed by atoms with Crippen molar-refractivity contribution in [1.29, 1.82) is 0 Å². The molecule has 0 fully saturated rings. The molecule has 0 unspecified atom stereocenters. The number of aromatic amines is 1. The molecule has 1 N–H and O–H groups in total. The van der Waals surface area contributed by atoms with Crippen LogP contribution in [0.15, 0.2) is 58.3 Å². The van der Waals surface area contributed by atoms with Gasteiger partial charge in [-0.3, -0.25) is 0 Å². The van der Waals surface area contributed by atoms with E-state index in [1.807, 2.05) is 24.3 Å². The number of rotatable bonds is 4. The largest absolute Gasteiger partial charge is 0.465 e. The number of H-pyrrole nitrogens is 1. The summed E-state index contributed by atoms with van der Waals surface area (Å²) < 4.78 is 7.13. The van der Waals surface area contributed by atoms with E-state index in [0.717, 1.165) is 11.3 Å². The molecule has 2 heterocycles. The molecule has 0 atom stereocenters. The van der Waals surface area contributed by atoms with Crippen LogP contribution in [-0.2, 0) is 0 Å². The minimum Gasteiger partial charge on any atom is -0.465 e. The highest BCUT2D eigenvalue weighted by Gasteiger charge is 2.07. The highest BCUT2D eigenvalue weighted by Crippen LogP contribution is 2.20. The first-order valence-electron chi connectivity index (χ1n) is 6.42. The Kier molecular flexibility index (Phi) is 4.32. The molecule has 110 valence electrons. The second-order valence-electron chi connectivity index (χ2n) is 4.31. The van der Waals surface area contributed by atoms with E-state index in [4.69, 9.17) is 28.2 Å². The first-order chi connectivity index (χ1) is 10.7. The second kappa shape index (κ2) is 6.55. The molecule has 5 nitrogen and oxygen atoms in total. The van der Waals surface area contributed by atoms with Crippen LogP contribution in [0.2, 0.25) is 5.02 Å². The van der Waals surface area contributed by atoms with Crippen LogP contribution in [-0.4, -0.2) is 21.1 Å². The third-order valence-electron chi connectivity index (χ3n) is 2.81. The predicted molar refractivity (Wildman–Crippen MR) is 89.5 cm³/mol. The zero-order chi connectivity index (χ0) is 15.4. The number of hydrogen-bond acceptors (Lipinski definition) is 4. The average Bonchev–Trinajstić information content (AvgIpc) is 3.14. The van der Waals surface area contributed by atoms with E-state index in [9.17, 15) is 0 Å². The minimum atomic E-state index is 0.401. The molecule has 1 aromatic carbocycles. The maximum Gasteiger partial charge on any atom is 0.216 e. The molecule has 0 saturated carbocycles. The molecule has 0 bridgehead atoms. The molecule has 0 aliphatic rings. The Hall–Kier alpha value is -2.44. The van der Waals surface area contributed by atoms with E-state index in [1.165, 1.54) is 4.68 Å². The van der Waals surface area contributed by atoms with Crippen molar-refractivity contribution in [3.63, 3.8) is 0 Å². The molecular weight excluding hydrogens is 320 g/mol. The Labute approximate surface area is 136 Å². The van der Waals surface area contributed by atoms with Gasteiger partial charge in [0.15, 0.2) is 5.82 Å². The lowest BCUT2D eigenvalue weighted by atomic mass is 10.2. The number of nitrogens with zero attached hydrogens (tertiary/aromatic N) is 3. The lowest BCUT2D eigenvalue weighted by Gasteiger charge is -2.00. The van der Waals surface area contributed by atoms with Crippen molar-refractivity contribution in [1.82, 2.24) is 14.9 Å². The van der Waals surface area contributed by atoms with Crippen molar-refractivity contribution in [3.05, 3.63) is 64.3 Å². The highest BCUT2D eigenvalue weighted by atomic mass is 35.5. The molecule has 2 aromatic heterocycles. The van der Waals surface area contributed by atoms with E-state index < -0.39 is 0 Å². The summed E-state index contributed by atoms with van der Waals surface area (Å²) in [5, 5.41) is 11.8. The summed E-state index contributed by atoms with van der Waals surface area (Å²) in [5.74, 6) is 1.34. The van der Waals surface area contributed by atoms with E-state index >= 15 is 0 Å². The van der Waals surface area contributed by atoms with Gasteiger partial charge in [-0.25, -0.2) is 5.10 Å². The van der Waals surface area contributed by atoms with Crippen molar-refractivity contribution in [2.24, 2.45) is 5.10 Å². The van der Waals surface area contributed by atoms with Crippen LogP contribution < -0.4 is 0 Å². The van der Waals surface area contributed by atoms with Crippen LogP contribution in [0.3, 0.4) is 0 Å². The maximum atomic E-state index is 6.00. The third kappa shape index (κ3) is 3.24. The summed E-state index contributed by atoms with van der Waals surface area (Å²) in [6, 6.07) is 11.0. The lowest BCUT2D eigenvalue weighted by molar-refractivity contribution is 0.557. The SMILES string of the molecule is S=c1[nH]nc(-c2cccc(Cl)c2)n1/N=C/C=C/c1ccco1. The minimum absolute atomic E-state index is 0.401. The Morgan fingerprint density at radius 1 is 1.32 bits per heavy atom. The average molecular weight is 331 g/mol. The quantitative estimate of drug-likeness (QED) is 0.569. The monoisotopic (exact) mass is 330 g/mol. The number of halogens is 1. The molecule has 7 heteroatoms. The number of benzene rings is 1. The van der Waals surface area contributed by atoms with Crippen molar-refractivity contribution in [3.8, 4) is 11.4 Å². The summed E-state index contributed by atoms with van der Waals surface area (Å²) in [6.45, 7) is 0. The van der Waals surface area contributed by atoms with Gasteiger partial charge in [-0.05, 0) is 48.6 Å². The highest BCUT2D eigenvalue weighted by molar-refractivity contribution is 7.71. The van der Waals surface area contributed by atoms with Gasteiger partial charge in [0.25, 0.3) is 0 Å². The number of allylic oxidation sites excluding steroid dienone is 1. The number of aromatic nitrogens is 3. The summed E-state index contributed by atoms with van der Waals surface area (Å²) in [4.78, 5) is 0. The van der Waals surface area contributed by atoms with E-state index in [0.29, 0.717) is 15.6 Å². The fourth-order valence-corrected chi connectivity index (χ4v) is 2.21. The topological polar surface area (TPSA) is 59.1 Å². The molecule has 3 aromatic rings. The Morgan fingerprint density at radius 2 is 2.23 bits per heavy atom. The lowest BCUT2D eigenvalue weighted by Crippen LogP contribution is -1.93. The van der Waals surface area contributed by atoms with Gasteiger partial charge in [-0.15, -0.1) is 0 Å². The molecule has 0 aliphatic carbocycles. The molecule has 0 aliphatic heterocycles. The predicted octanol–water partition coefficient (Wildman–Crippen LogP) is 4.40. The molecule has 22 heavy (non-hydrogen) atoms. The summed E-state index contributed by atoms with van der Waals surface area (Å²) >= 11 is 11.2. The Bertz CT molecular complexity index is 877. The first-order valence-corrected chi connectivity index (χ1v) is 7.20. The van der Waals surface area contributed by atoms with Gasteiger partial charge in [0.2, 0.25) is 4.77 Å². The Morgan fingerprint density at radius 3 is 3.00 bits per heavy atom. The third-order valence-corrected chi connectivity index (χ3v) is 3.30. The summed E-state index contributed by atoms with van der Waals surface area (Å²) in [5.41, 5.74) is 0.826. The fraction of sp³-hybridized carbons (Fsp3) is 0. The molecule has 0 saturated heterocycles. The molecule has 0 radical (unpaired) electrons. The molecule has 0 amide bonds. The van der Waals surface area contributed by atoms with Gasteiger partial charge >= 0.3 is 0 Å². The van der Waals surface area contributed by atoms with Crippen LogP contribution in [0.1, 0.15) is 5.76 Å². The summed E-state index contributed by atoms with van der Waals surface area (Å²) in [6.07, 6.45) is 6.78. The number of nitrogens with one attached hydrogen (secondary N) is 1. The number of hydrogen-bond donors (Lipinski definition) is 1. The standard InChI is InChI=1S/C15H11ClN4OS/c16-12-5-1-4-11(10-12)14-18-19-15(22)20(14)17-8-2-6-13-7-3-9-21-13/h1-10H,(H,19,22)/b6-2+,17-8+. The van der Waals surface area contributed by atoms with E-state index in [1.54, 1.807) is 36.8 Å². The van der Waals surface area contributed by atoms with Gasteiger partial charge in [-0.1, -0.05) is 23.7 Å². The molecule has 0 spiro atoms. The smallest absolute Gasteiger partial charge is 0.216 e. The van der Waals surface area contributed by atoms with Crippen molar-refractivity contribution in [2.45, 2.75) is 0 Å². The van der Waals surface area contributed by atoms with Crippen LogP contribution in [0, 0.1) is 4.77 Å².